The zero-order chi connectivity index (χ0) is 24.0. The molecule has 9 heteroatoms. The predicted octanol–water partition coefficient (Wildman–Crippen LogP) is 5.33. The largest absolute Gasteiger partial charge is 0.460 e. The molecule has 33 heavy (non-hydrogen) atoms. The Hall–Kier alpha value is -3.88. The van der Waals surface area contributed by atoms with Crippen LogP contribution in [-0.2, 0) is 9.53 Å². The molecule has 3 aromatic rings. The van der Waals surface area contributed by atoms with Gasteiger partial charge in [-0.2, -0.15) is 10.5 Å². The average molecular weight is 464 g/mol. The smallest absolute Gasteiger partial charge is 0.306 e. The zero-order valence-electron chi connectivity index (χ0n) is 18.4. The Morgan fingerprint density at radius 2 is 1.91 bits per heavy atom. The molecule has 0 fully saturated rings. The van der Waals surface area contributed by atoms with Gasteiger partial charge in [-0.1, -0.05) is 18.5 Å². The van der Waals surface area contributed by atoms with E-state index in [9.17, 15) is 10.1 Å². The standard InChI is InChI=1S/C24H22ClN5O3/c1-4-5-20(31)32-15(3)22(28-19-11-10-18(13-27)21(25)14(19)2)24-30-29-23(33-24)17-8-6-16(12-26)7-9-17/h6-11,15,22,28H,4-5H2,1-3H3. The summed E-state index contributed by atoms with van der Waals surface area (Å²) in [6.45, 7) is 5.41. The number of anilines is 1. The number of carbonyl (C=O) groups is 1. The molecule has 0 spiro atoms. The normalized spacial score (nSPS) is 12.3. The Morgan fingerprint density at radius 3 is 2.55 bits per heavy atom. The number of rotatable bonds is 8. The van der Waals surface area contributed by atoms with Crippen LogP contribution in [0.3, 0.4) is 0 Å². The van der Waals surface area contributed by atoms with Gasteiger partial charge in [0.15, 0.2) is 0 Å². The molecule has 0 aliphatic heterocycles. The van der Waals surface area contributed by atoms with Crippen molar-refractivity contribution < 1.29 is 13.9 Å². The first kappa shape index (κ1) is 23.8. The van der Waals surface area contributed by atoms with Gasteiger partial charge in [-0.05, 0) is 62.2 Å². The Balaban J connectivity index is 1.95. The molecule has 0 saturated carbocycles. The van der Waals surface area contributed by atoms with Crippen LogP contribution < -0.4 is 5.32 Å². The van der Waals surface area contributed by atoms with Gasteiger partial charge in [-0.25, -0.2) is 0 Å². The lowest BCUT2D eigenvalue weighted by molar-refractivity contribution is -0.149. The SMILES string of the molecule is CCCC(=O)OC(C)C(Nc1ccc(C#N)c(Cl)c1C)c1nnc(-c2ccc(C#N)cc2)o1. The van der Waals surface area contributed by atoms with Crippen molar-refractivity contribution in [1.82, 2.24) is 10.2 Å². The fourth-order valence-electron chi connectivity index (χ4n) is 3.18. The van der Waals surface area contributed by atoms with Gasteiger partial charge in [0.25, 0.3) is 0 Å². The van der Waals surface area contributed by atoms with Gasteiger partial charge in [0.05, 0.1) is 22.2 Å². The van der Waals surface area contributed by atoms with E-state index in [2.05, 4.69) is 27.7 Å². The van der Waals surface area contributed by atoms with Gasteiger partial charge in [-0.3, -0.25) is 4.79 Å². The molecule has 0 aliphatic carbocycles. The predicted molar refractivity (Wildman–Crippen MR) is 122 cm³/mol. The second-order valence-corrected chi connectivity index (χ2v) is 7.79. The van der Waals surface area contributed by atoms with Crippen LogP contribution >= 0.6 is 11.6 Å². The van der Waals surface area contributed by atoms with E-state index in [0.29, 0.717) is 45.8 Å². The Morgan fingerprint density at radius 1 is 1.18 bits per heavy atom. The molecule has 168 valence electrons. The summed E-state index contributed by atoms with van der Waals surface area (Å²) in [4.78, 5) is 12.1. The van der Waals surface area contributed by atoms with E-state index in [1.807, 2.05) is 6.92 Å². The summed E-state index contributed by atoms with van der Waals surface area (Å²) in [6.07, 6.45) is 0.309. The highest BCUT2D eigenvalue weighted by atomic mass is 35.5. The molecule has 0 saturated heterocycles. The van der Waals surface area contributed by atoms with E-state index in [0.717, 1.165) is 0 Å². The van der Waals surface area contributed by atoms with E-state index >= 15 is 0 Å². The van der Waals surface area contributed by atoms with Gasteiger partial charge in [0.2, 0.25) is 11.8 Å². The van der Waals surface area contributed by atoms with Crippen molar-refractivity contribution in [3.63, 3.8) is 0 Å². The van der Waals surface area contributed by atoms with Gasteiger partial charge < -0.3 is 14.5 Å². The minimum atomic E-state index is -0.673. The van der Waals surface area contributed by atoms with Gasteiger partial charge >= 0.3 is 5.97 Å². The minimum Gasteiger partial charge on any atom is -0.460 e. The van der Waals surface area contributed by atoms with Crippen molar-refractivity contribution >= 4 is 23.3 Å². The van der Waals surface area contributed by atoms with Crippen LogP contribution in [0.1, 0.15) is 55.3 Å². The molecular formula is C24H22ClN5O3. The highest BCUT2D eigenvalue weighted by molar-refractivity contribution is 6.32. The van der Waals surface area contributed by atoms with Crippen molar-refractivity contribution in [3.05, 3.63) is 64.0 Å². The van der Waals surface area contributed by atoms with E-state index in [1.165, 1.54) is 0 Å². The van der Waals surface area contributed by atoms with Crippen LogP contribution in [0.2, 0.25) is 5.02 Å². The Bertz CT molecular complexity index is 1220. The molecule has 3 rings (SSSR count). The minimum absolute atomic E-state index is 0.214. The van der Waals surface area contributed by atoms with Crippen molar-refractivity contribution in [2.75, 3.05) is 5.32 Å². The molecule has 1 N–H and O–H groups in total. The Kier molecular flexibility index (Phi) is 7.66. The molecule has 8 nitrogen and oxygen atoms in total. The van der Waals surface area contributed by atoms with Gasteiger partial charge in [0.1, 0.15) is 18.2 Å². The third kappa shape index (κ3) is 5.49. The summed E-state index contributed by atoms with van der Waals surface area (Å²) >= 11 is 6.32. The molecule has 2 aromatic carbocycles. The van der Waals surface area contributed by atoms with Crippen LogP contribution in [0, 0.1) is 29.6 Å². The fraction of sp³-hybridized carbons (Fsp3) is 0.292. The summed E-state index contributed by atoms with van der Waals surface area (Å²) < 4.78 is 11.5. The molecule has 0 bridgehead atoms. The van der Waals surface area contributed by atoms with Crippen LogP contribution in [0.25, 0.3) is 11.5 Å². The first-order valence-electron chi connectivity index (χ1n) is 10.4. The molecule has 0 amide bonds. The van der Waals surface area contributed by atoms with Gasteiger partial charge in [-0.15, -0.1) is 10.2 Å². The van der Waals surface area contributed by atoms with Crippen LogP contribution in [0.4, 0.5) is 5.69 Å². The van der Waals surface area contributed by atoms with E-state index < -0.39 is 12.1 Å². The highest BCUT2D eigenvalue weighted by Gasteiger charge is 2.29. The monoisotopic (exact) mass is 463 g/mol. The lowest BCUT2D eigenvalue weighted by atomic mass is 10.1. The summed E-state index contributed by atoms with van der Waals surface area (Å²) in [7, 11) is 0. The summed E-state index contributed by atoms with van der Waals surface area (Å²) in [5.74, 6) is 0.146. The molecule has 0 aliphatic rings. The zero-order valence-corrected chi connectivity index (χ0v) is 19.2. The molecule has 0 radical (unpaired) electrons. The third-order valence-electron chi connectivity index (χ3n) is 5.03. The van der Waals surface area contributed by atoms with E-state index in [1.54, 1.807) is 50.2 Å². The first-order valence-corrected chi connectivity index (χ1v) is 10.7. The molecule has 2 atom stereocenters. The molecule has 1 heterocycles. The number of esters is 1. The summed E-state index contributed by atoms with van der Waals surface area (Å²) in [5, 5.41) is 30.1. The van der Waals surface area contributed by atoms with Crippen LogP contribution in [0.15, 0.2) is 40.8 Å². The lowest BCUT2D eigenvalue weighted by Gasteiger charge is -2.24. The van der Waals surface area contributed by atoms with Gasteiger partial charge in [0, 0.05) is 17.7 Å². The van der Waals surface area contributed by atoms with Crippen LogP contribution in [0.5, 0.6) is 0 Å². The maximum absolute atomic E-state index is 12.1. The topological polar surface area (TPSA) is 125 Å². The molecular weight excluding hydrogens is 442 g/mol. The highest BCUT2D eigenvalue weighted by Crippen LogP contribution is 2.32. The van der Waals surface area contributed by atoms with Crippen molar-refractivity contribution in [3.8, 4) is 23.6 Å². The van der Waals surface area contributed by atoms with Crippen molar-refractivity contribution in [1.29, 1.82) is 10.5 Å². The lowest BCUT2D eigenvalue weighted by Crippen LogP contribution is -2.28. The first-order chi connectivity index (χ1) is 15.9. The summed E-state index contributed by atoms with van der Waals surface area (Å²) in [5.41, 5.74) is 2.84. The number of hydrogen-bond donors (Lipinski definition) is 1. The van der Waals surface area contributed by atoms with Crippen molar-refractivity contribution in [2.24, 2.45) is 0 Å². The average Bonchev–Trinajstić information content (AvgIpc) is 3.30. The fourth-order valence-corrected chi connectivity index (χ4v) is 3.38. The maximum Gasteiger partial charge on any atom is 0.306 e. The number of nitrogens with one attached hydrogen (secondary N) is 1. The number of halogens is 1. The van der Waals surface area contributed by atoms with E-state index in [4.69, 9.17) is 26.0 Å². The number of ether oxygens (including phenoxy) is 1. The summed E-state index contributed by atoms with van der Waals surface area (Å²) in [6, 6.07) is 13.5. The second-order valence-electron chi connectivity index (χ2n) is 7.41. The molecule has 1 aromatic heterocycles. The van der Waals surface area contributed by atoms with Crippen molar-refractivity contribution in [2.45, 2.75) is 45.8 Å². The number of carbonyl (C=O) groups excluding carboxylic acids is 1. The second kappa shape index (κ2) is 10.6. The number of nitrogens with zero attached hydrogens (tertiary/aromatic N) is 4. The number of nitriles is 2. The number of hydrogen-bond acceptors (Lipinski definition) is 8. The maximum atomic E-state index is 12.1. The number of aromatic nitrogens is 2. The van der Waals surface area contributed by atoms with Crippen LogP contribution in [-0.4, -0.2) is 22.3 Å². The third-order valence-corrected chi connectivity index (χ3v) is 5.51. The quantitative estimate of drug-likeness (QED) is 0.444. The molecule has 2 unspecified atom stereocenters. The Labute approximate surface area is 196 Å². The van der Waals surface area contributed by atoms with E-state index in [-0.39, 0.29) is 17.8 Å². The number of benzene rings is 2.